The number of anilines is 1. The van der Waals surface area contributed by atoms with E-state index < -0.39 is 0 Å². The average molecular weight is 539 g/mol. The number of aliphatic imine (C=N–C) groups is 1. The second kappa shape index (κ2) is 12.5. The maximum Gasteiger partial charge on any atom is 0.224 e. The maximum atomic E-state index is 13.1. The minimum absolute atomic E-state index is 0. The van der Waals surface area contributed by atoms with Crippen LogP contribution in [0, 0.1) is 5.82 Å². The molecule has 0 bridgehead atoms. The predicted octanol–water partition coefficient (Wildman–Crippen LogP) is 3.19. The molecule has 31 heavy (non-hydrogen) atoms. The number of hydrogen-bond acceptors (Lipinski definition) is 3. The van der Waals surface area contributed by atoms with Crippen LogP contribution in [0.5, 0.6) is 0 Å². The third-order valence-corrected chi connectivity index (χ3v) is 5.12. The zero-order valence-corrected chi connectivity index (χ0v) is 20.5. The van der Waals surface area contributed by atoms with Crippen molar-refractivity contribution in [2.75, 3.05) is 51.7 Å². The molecule has 1 N–H and O–H groups in total. The van der Waals surface area contributed by atoms with E-state index in [0.717, 1.165) is 30.3 Å². The van der Waals surface area contributed by atoms with Crippen LogP contribution in [0.3, 0.4) is 0 Å². The van der Waals surface area contributed by atoms with E-state index in [1.165, 1.54) is 12.1 Å². The lowest BCUT2D eigenvalue weighted by Crippen LogP contribution is -2.49. The molecule has 0 aliphatic carbocycles. The molecular weight excluding hydrogens is 508 g/mol. The van der Waals surface area contributed by atoms with Crippen LogP contribution in [0.15, 0.2) is 59.6 Å². The molecule has 0 unspecified atom stereocenters. The van der Waals surface area contributed by atoms with Crippen LogP contribution in [-0.2, 0) is 11.3 Å². The fourth-order valence-corrected chi connectivity index (χ4v) is 3.41. The van der Waals surface area contributed by atoms with Gasteiger partial charge in [-0.1, -0.05) is 30.3 Å². The van der Waals surface area contributed by atoms with Gasteiger partial charge in [-0.2, -0.15) is 0 Å². The van der Waals surface area contributed by atoms with Crippen molar-refractivity contribution >= 4 is 41.5 Å². The van der Waals surface area contributed by atoms with Gasteiger partial charge in [-0.25, -0.2) is 9.38 Å². The number of carbonyl (C=O) groups is 1. The lowest BCUT2D eigenvalue weighted by molar-refractivity contribution is -0.131. The number of guanidine groups is 1. The van der Waals surface area contributed by atoms with Crippen molar-refractivity contribution in [3.05, 3.63) is 66.0 Å². The Morgan fingerprint density at radius 2 is 1.68 bits per heavy atom. The minimum Gasteiger partial charge on any atom is -0.368 e. The highest BCUT2D eigenvalue weighted by atomic mass is 127. The summed E-state index contributed by atoms with van der Waals surface area (Å²) in [6, 6.07) is 16.6. The Hall–Kier alpha value is -2.36. The van der Waals surface area contributed by atoms with Crippen molar-refractivity contribution in [3.8, 4) is 0 Å². The van der Waals surface area contributed by atoms with Crippen LogP contribution >= 0.6 is 24.0 Å². The number of amides is 1. The van der Waals surface area contributed by atoms with Crippen molar-refractivity contribution in [3.63, 3.8) is 0 Å². The van der Waals surface area contributed by atoms with E-state index in [4.69, 9.17) is 0 Å². The third kappa shape index (κ3) is 7.68. The summed E-state index contributed by atoms with van der Waals surface area (Å²) in [6.45, 7) is 4.01. The number of nitrogens with zero attached hydrogens (tertiary/aromatic N) is 4. The fourth-order valence-electron chi connectivity index (χ4n) is 3.41. The van der Waals surface area contributed by atoms with Crippen molar-refractivity contribution in [1.82, 2.24) is 15.1 Å². The normalized spacial score (nSPS) is 14.1. The Bertz CT molecular complexity index is 837. The van der Waals surface area contributed by atoms with Crippen molar-refractivity contribution in [2.24, 2.45) is 4.99 Å². The molecule has 0 aromatic heterocycles. The quantitative estimate of drug-likeness (QED) is 0.348. The first kappa shape index (κ1) is 24.9. The van der Waals surface area contributed by atoms with E-state index in [1.54, 1.807) is 12.1 Å². The highest BCUT2D eigenvalue weighted by molar-refractivity contribution is 14.0. The Kier molecular flexibility index (Phi) is 10.0. The molecule has 0 atom stereocenters. The van der Waals surface area contributed by atoms with Crippen LogP contribution in [-0.4, -0.2) is 68.5 Å². The molecule has 1 aliphatic rings. The molecule has 1 saturated heterocycles. The average Bonchev–Trinajstić information content (AvgIpc) is 2.77. The molecule has 6 nitrogen and oxygen atoms in total. The summed E-state index contributed by atoms with van der Waals surface area (Å²) >= 11 is 0. The first-order chi connectivity index (χ1) is 14.5. The Morgan fingerprint density at radius 1 is 1.03 bits per heavy atom. The molecule has 8 heteroatoms. The minimum atomic E-state index is -0.232. The summed E-state index contributed by atoms with van der Waals surface area (Å²) in [5.74, 6) is 0.680. The maximum absolute atomic E-state index is 13.1. The summed E-state index contributed by atoms with van der Waals surface area (Å²) < 4.78 is 13.1. The van der Waals surface area contributed by atoms with Crippen LogP contribution in [0.2, 0.25) is 0 Å². The van der Waals surface area contributed by atoms with Gasteiger partial charge in [0, 0.05) is 58.9 Å². The summed E-state index contributed by atoms with van der Waals surface area (Å²) in [5, 5.41) is 3.28. The number of rotatable bonds is 6. The molecule has 168 valence electrons. The SMILES string of the molecule is CN(C)C(=NCc1ccccc1)NCCC(=O)N1CCN(c2ccc(F)cc2)CC1.I. The standard InChI is InChI=1S/C23H30FN5O.HI/c1-27(2)23(26-18-19-6-4-3-5-7-19)25-13-12-22(30)29-16-14-28(15-17-29)21-10-8-20(24)9-11-21;/h3-11H,12-18H2,1-2H3,(H,25,26);1H. The zero-order valence-electron chi connectivity index (χ0n) is 18.1. The van der Waals surface area contributed by atoms with Crippen LogP contribution in [0.1, 0.15) is 12.0 Å². The topological polar surface area (TPSA) is 51.2 Å². The van der Waals surface area contributed by atoms with E-state index >= 15 is 0 Å². The summed E-state index contributed by atoms with van der Waals surface area (Å²) in [4.78, 5) is 23.2. The smallest absolute Gasteiger partial charge is 0.224 e. The molecule has 3 rings (SSSR count). The van der Waals surface area contributed by atoms with E-state index in [0.29, 0.717) is 32.6 Å². The number of benzene rings is 2. The fraction of sp³-hybridized carbons (Fsp3) is 0.391. The molecule has 0 saturated carbocycles. The molecule has 1 fully saturated rings. The van der Waals surface area contributed by atoms with Gasteiger partial charge in [0.05, 0.1) is 6.54 Å². The van der Waals surface area contributed by atoms with Crippen LogP contribution < -0.4 is 10.2 Å². The van der Waals surface area contributed by atoms with Crippen molar-refractivity contribution < 1.29 is 9.18 Å². The molecule has 1 heterocycles. The Labute approximate surface area is 201 Å². The Balaban J connectivity index is 0.00000341. The molecule has 1 aliphatic heterocycles. The van der Waals surface area contributed by atoms with Gasteiger partial charge in [0.15, 0.2) is 5.96 Å². The van der Waals surface area contributed by atoms with E-state index in [9.17, 15) is 9.18 Å². The van der Waals surface area contributed by atoms with Gasteiger partial charge in [0.1, 0.15) is 5.82 Å². The number of carbonyl (C=O) groups excluding carboxylic acids is 1. The molecule has 2 aromatic carbocycles. The first-order valence-electron chi connectivity index (χ1n) is 10.3. The van der Waals surface area contributed by atoms with Crippen molar-refractivity contribution in [2.45, 2.75) is 13.0 Å². The molecule has 0 spiro atoms. The van der Waals surface area contributed by atoms with E-state index in [-0.39, 0.29) is 35.7 Å². The second-order valence-electron chi connectivity index (χ2n) is 7.54. The van der Waals surface area contributed by atoms with Gasteiger partial charge in [0.2, 0.25) is 5.91 Å². The summed E-state index contributed by atoms with van der Waals surface area (Å²) in [6.07, 6.45) is 0.425. The van der Waals surface area contributed by atoms with Gasteiger partial charge < -0.3 is 20.0 Å². The number of hydrogen-bond donors (Lipinski definition) is 1. The van der Waals surface area contributed by atoms with Gasteiger partial charge in [-0.15, -0.1) is 24.0 Å². The highest BCUT2D eigenvalue weighted by Gasteiger charge is 2.21. The number of nitrogens with one attached hydrogen (secondary N) is 1. The lowest BCUT2D eigenvalue weighted by Gasteiger charge is -2.36. The van der Waals surface area contributed by atoms with E-state index in [2.05, 4.69) is 15.2 Å². The van der Waals surface area contributed by atoms with Gasteiger partial charge in [0.25, 0.3) is 0 Å². The van der Waals surface area contributed by atoms with Crippen molar-refractivity contribution in [1.29, 1.82) is 0 Å². The predicted molar refractivity (Wildman–Crippen MR) is 134 cm³/mol. The van der Waals surface area contributed by atoms with Crippen LogP contribution in [0.4, 0.5) is 10.1 Å². The Morgan fingerprint density at radius 3 is 2.29 bits per heavy atom. The summed E-state index contributed by atoms with van der Waals surface area (Å²) in [5.41, 5.74) is 2.14. The largest absolute Gasteiger partial charge is 0.368 e. The number of halogens is 2. The van der Waals surface area contributed by atoms with Gasteiger partial charge in [-0.3, -0.25) is 4.79 Å². The van der Waals surface area contributed by atoms with Gasteiger partial charge >= 0.3 is 0 Å². The van der Waals surface area contributed by atoms with Gasteiger partial charge in [-0.05, 0) is 29.8 Å². The molecular formula is C23H31FIN5O. The monoisotopic (exact) mass is 539 g/mol. The zero-order chi connectivity index (χ0) is 21.3. The third-order valence-electron chi connectivity index (χ3n) is 5.12. The molecule has 2 aromatic rings. The first-order valence-corrected chi connectivity index (χ1v) is 10.3. The second-order valence-corrected chi connectivity index (χ2v) is 7.54. The van der Waals surface area contributed by atoms with E-state index in [1.807, 2.05) is 54.2 Å². The van der Waals surface area contributed by atoms with Crippen LogP contribution in [0.25, 0.3) is 0 Å². The number of piperazine rings is 1. The molecule has 0 radical (unpaired) electrons. The lowest BCUT2D eigenvalue weighted by atomic mass is 10.2. The highest BCUT2D eigenvalue weighted by Crippen LogP contribution is 2.17. The molecule has 1 amide bonds. The summed E-state index contributed by atoms with van der Waals surface area (Å²) in [7, 11) is 3.88.